The molecule has 0 aliphatic carbocycles. The van der Waals surface area contributed by atoms with E-state index in [1.807, 2.05) is 0 Å². The van der Waals surface area contributed by atoms with Gasteiger partial charge in [-0.15, -0.1) is 12.4 Å². The van der Waals surface area contributed by atoms with Gasteiger partial charge in [-0.1, -0.05) is 6.07 Å². The molecule has 0 spiro atoms. The summed E-state index contributed by atoms with van der Waals surface area (Å²) in [4.78, 5) is 3.69. The van der Waals surface area contributed by atoms with Crippen LogP contribution in [0.2, 0.25) is 0 Å². The summed E-state index contributed by atoms with van der Waals surface area (Å²) in [6, 6.07) is 2.40. The third-order valence-corrected chi connectivity index (χ3v) is 1.58. The Kier molecular flexibility index (Phi) is 4.35. The van der Waals surface area contributed by atoms with Crippen molar-refractivity contribution in [2.45, 2.75) is 19.1 Å². The average molecular weight is 227 g/mol. The third-order valence-electron chi connectivity index (χ3n) is 1.58. The first-order chi connectivity index (χ1) is 5.91. The van der Waals surface area contributed by atoms with Gasteiger partial charge in [-0.05, 0) is 19.1 Å². The van der Waals surface area contributed by atoms with Crippen LogP contribution in [0.1, 0.15) is 17.4 Å². The van der Waals surface area contributed by atoms with Crippen LogP contribution in [0.5, 0.6) is 0 Å². The van der Waals surface area contributed by atoms with E-state index >= 15 is 0 Å². The second kappa shape index (κ2) is 4.61. The summed E-state index contributed by atoms with van der Waals surface area (Å²) in [5.41, 5.74) is 5.33. The zero-order valence-electron chi connectivity index (χ0n) is 7.38. The lowest BCUT2D eigenvalue weighted by atomic mass is 10.2. The number of aryl methyl sites for hydroxylation is 1. The molecule has 0 saturated carbocycles. The molecule has 0 fully saturated rings. The van der Waals surface area contributed by atoms with Gasteiger partial charge in [0.25, 0.3) is 0 Å². The Morgan fingerprint density at radius 3 is 2.36 bits per heavy atom. The van der Waals surface area contributed by atoms with Crippen molar-refractivity contribution >= 4 is 12.4 Å². The molecular weight excluding hydrogens is 217 g/mol. The summed E-state index contributed by atoms with van der Waals surface area (Å²) in [5.74, 6) is 0. The van der Waals surface area contributed by atoms with Gasteiger partial charge in [-0.25, -0.2) is 0 Å². The minimum atomic E-state index is -4.43. The van der Waals surface area contributed by atoms with Gasteiger partial charge in [0.15, 0.2) is 0 Å². The number of halogens is 4. The number of nitrogens with two attached hydrogens (primary N) is 1. The highest BCUT2D eigenvalue weighted by molar-refractivity contribution is 5.85. The van der Waals surface area contributed by atoms with E-state index in [2.05, 4.69) is 4.98 Å². The van der Waals surface area contributed by atoms with Crippen molar-refractivity contribution in [2.24, 2.45) is 5.73 Å². The smallest absolute Gasteiger partial charge is 0.315 e. The molecule has 6 heteroatoms. The van der Waals surface area contributed by atoms with Gasteiger partial charge in [-0.3, -0.25) is 4.98 Å². The number of rotatable bonds is 1. The number of aromatic nitrogens is 1. The van der Waals surface area contributed by atoms with E-state index in [-0.39, 0.29) is 18.1 Å². The number of hydrogen-bond donors (Lipinski definition) is 1. The fourth-order valence-electron chi connectivity index (χ4n) is 0.905. The fraction of sp³-hybridized carbons (Fsp3) is 0.375. The Balaban J connectivity index is 0.00000169. The Morgan fingerprint density at radius 1 is 1.36 bits per heavy atom. The second-order valence-corrected chi connectivity index (χ2v) is 2.72. The summed E-state index contributed by atoms with van der Waals surface area (Å²) in [6.45, 7) is 1.62. The molecule has 80 valence electrons. The molecule has 1 aromatic rings. The monoisotopic (exact) mass is 226 g/mol. The summed E-state index contributed by atoms with van der Waals surface area (Å²) in [6.07, 6.45) is -4.43. The van der Waals surface area contributed by atoms with E-state index in [0.29, 0.717) is 5.69 Å². The summed E-state index contributed by atoms with van der Waals surface area (Å²) >= 11 is 0. The van der Waals surface area contributed by atoms with E-state index in [4.69, 9.17) is 5.73 Å². The summed E-state index contributed by atoms with van der Waals surface area (Å²) < 4.78 is 36.3. The van der Waals surface area contributed by atoms with E-state index in [1.165, 1.54) is 12.1 Å². The molecule has 14 heavy (non-hydrogen) atoms. The molecular formula is C8H10ClF3N2. The number of hydrogen-bond acceptors (Lipinski definition) is 2. The van der Waals surface area contributed by atoms with Gasteiger partial charge in [0, 0.05) is 5.69 Å². The maximum atomic E-state index is 12.1. The van der Waals surface area contributed by atoms with Crippen molar-refractivity contribution in [3.05, 3.63) is 29.6 Å². The fourth-order valence-corrected chi connectivity index (χ4v) is 0.905. The molecule has 0 saturated heterocycles. The predicted molar refractivity (Wildman–Crippen MR) is 49.2 cm³/mol. The molecule has 2 N–H and O–H groups in total. The lowest BCUT2D eigenvalue weighted by Gasteiger charge is -2.14. The molecule has 0 amide bonds. The number of pyridine rings is 1. The van der Waals surface area contributed by atoms with Gasteiger partial charge in [0.2, 0.25) is 0 Å². The van der Waals surface area contributed by atoms with Crippen LogP contribution in [0.3, 0.4) is 0 Å². The minimum absolute atomic E-state index is 0. The van der Waals surface area contributed by atoms with Crippen LogP contribution in [0.25, 0.3) is 0 Å². The van der Waals surface area contributed by atoms with Crippen molar-refractivity contribution in [1.82, 2.24) is 4.98 Å². The molecule has 1 aromatic heterocycles. The van der Waals surface area contributed by atoms with Crippen molar-refractivity contribution < 1.29 is 13.2 Å². The average Bonchev–Trinajstić information content (AvgIpc) is 2.01. The molecule has 1 rings (SSSR count). The normalized spacial score (nSPS) is 13.2. The zero-order chi connectivity index (χ0) is 10.1. The van der Waals surface area contributed by atoms with Crippen molar-refractivity contribution in [2.75, 3.05) is 0 Å². The van der Waals surface area contributed by atoms with Crippen LogP contribution in [0, 0.1) is 6.92 Å². The van der Waals surface area contributed by atoms with Crippen molar-refractivity contribution in [3.63, 3.8) is 0 Å². The molecule has 0 radical (unpaired) electrons. The van der Waals surface area contributed by atoms with Crippen LogP contribution in [-0.4, -0.2) is 11.2 Å². The predicted octanol–water partition coefficient (Wildman–Crippen LogP) is 2.37. The van der Waals surface area contributed by atoms with E-state index in [0.717, 1.165) is 0 Å². The van der Waals surface area contributed by atoms with Crippen LogP contribution < -0.4 is 5.73 Å². The topological polar surface area (TPSA) is 38.9 Å². The number of alkyl halides is 3. The Labute approximate surface area is 85.7 Å². The highest BCUT2D eigenvalue weighted by Crippen LogP contribution is 2.29. The van der Waals surface area contributed by atoms with Gasteiger partial charge < -0.3 is 5.73 Å². The van der Waals surface area contributed by atoms with Crippen molar-refractivity contribution in [1.29, 1.82) is 0 Å². The van der Waals surface area contributed by atoms with Crippen LogP contribution >= 0.6 is 12.4 Å². The second-order valence-electron chi connectivity index (χ2n) is 2.72. The van der Waals surface area contributed by atoms with Gasteiger partial charge in [-0.2, -0.15) is 13.2 Å². The lowest BCUT2D eigenvalue weighted by Crippen LogP contribution is -2.29. The maximum Gasteiger partial charge on any atom is 0.409 e. The highest BCUT2D eigenvalue weighted by Gasteiger charge is 2.38. The molecule has 0 aliphatic rings. The van der Waals surface area contributed by atoms with E-state index in [1.54, 1.807) is 13.0 Å². The Morgan fingerprint density at radius 2 is 1.93 bits per heavy atom. The van der Waals surface area contributed by atoms with Crippen LogP contribution in [0.15, 0.2) is 18.2 Å². The third kappa shape index (κ3) is 3.16. The maximum absolute atomic E-state index is 12.1. The molecule has 0 aromatic carbocycles. The first kappa shape index (κ1) is 13.2. The zero-order valence-corrected chi connectivity index (χ0v) is 8.19. The van der Waals surface area contributed by atoms with Crippen LogP contribution in [0.4, 0.5) is 13.2 Å². The van der Waals surface area contributed by atoms with E-state index < -0.39 is 12.2 Å². The van der Waals surface area contributed by atoms with Gasteiger partial charge in [0.05, 0.1) is 5.69 Å². The summed E-state index contributed by atoms with van der Waals surface area (Å²) in [7, 11) is 0. The first-order valence-electron chi connectivity index (χ1n) is 3.67. The first-order valence-corrected chi connectivity index (χ1v) is 3.67. The van der Waals surface area contributed by atoms with Gasteiger partial charge >= 0.3 is 6.18 Å². The largest absolute Gasteiger partial charge is 0.409 e. The SMILES string of the molecule is Cc1cccc([C@H](N)C(F)(F)F)n1.Cl. The van der Waals surface area contributed by atoms with Crippen LogP contribution in [-0.2, 0) is 0 Å². The molecule has 0 aliphatic heterocycles. The highest BCUT2D eigenvalue weighted by atomic mass is 35.5. The Bertz CT molecular complexity index is 301. The Hall–Kier alpha value is -0.810. The van der Waals surface area contributed by atoms with Crippen molar-refractivity contribution in [3.8, 4) is 0 Å². The molecule has 0 bridgehead atoms. The van der Waals surface area contributed by atoms with E-state index in [9.17, 15) is 13.2 Å². The molecule has 1 atom stereocenters. The molecule has 0 unspecified atom stereocenters. The lowest BCUT2D eigenvalue weighted by molar-refractivity contribution is -0.150. The molecule has 2 nitrogen and oxygen atoms in total. The quantitative estimate of drug-likeness (QED) is 0.799. The number of nitrogens with zero attached hydrogens (tertiary/aromatic N) is 1. The summed E-state index contributed by atoms with van der Waals surface area (Å²) in [5, 5.41) is 0. The molecule has 1 heterocycles. The minimum Gasteiger partial charge on any atom is -0.315 e. The van der Waals surface area contributed by atoms with Gasteiger partial charge in [0.1, 0.15) is 6.04 Å². The standard InChI is InChI=1S/C8H9F3N2.ClH/c1-5-3-2-4-6(13-5)7(12)8(9,10)11;/h2-4,7H,12H2,1H3;1H/t7-;/m0./s1.